The topological polar surface area (TPSA) is 101 Å². The molecule has 0 radical (unpaired) electrons. The van der Waals surface area contributed by atoms with Crippen molar-refractivity contribution in [3.63, 3.8) is 0 Å². The van der Waals surface area contributed by atoms with Gasteiger partial charge in [-0.2, -0.15) is 4.98 Å². The van der Waals surface area contributed by atoms with E-state index in [1.54, 1.807) is 31.5 Å². The lowest BCUT2D eigenvalue weighted by Gasteiger charge is -2.21. The van der Waals surface area contributed by atoms with Crippen LogP contribution in [0.5, 0.6) is 0 Å². The van der Waals surface area contributed by atoms with Gasteiger partial charge in [0.05, 0.1) is 6.54 Å². The zero-order valence-electron chi connectivity index (χ0n) is 14.6. The molecule has 1 aliphatic heterocycles. The number of carbonyl (C=O) groups excluding carboxylic acids is 2. The molecular weight excluding hydrogens is 334 g/mol. The zero-order valence-corrected chi connectivity index (χ0v) is 14.6. The van der Waals surface area contributed by atoms with E-state index >= 15 is 0 Å². The van der Waals surface area contributed by atoms with Crippen LogP contribution in [0.2, 0.25) is 0 Å². The van der Waals surface area contributed by atoms with Gasteiger partial charge in [-0.3, -0.25) is 14.7 Å². The maximum Gasteiger partial charge on any atom is 0.325 e. The summed E-state index contributed by atoms with van der Waals surface area (Å²) in [6.45, 7) is 1.67. The summed E-state index contributed by atoms with van der Waals surface area (Å²) in [6, 6.07) is 3.04. The predicted molar refractivity (Wildman–Crippen MR) is 90.8 cm³/mol. The van der Waals surface area contributed by atoms with Crippen LogP contribution in [0.15, 0.2) is 29.0 Å². The minimum absolute atomic E-state index is 0.00324. The quantitative estimate of drug-likeness (QED) is 0.846. The first-order valence-corrected chi connectivity index (χ1v) is 8.95. The lowest BCUT2D eigenvalue weighted by molar-refractivity contribution is -0.131. The van der Waals surface area contributed by atoms with Crippen LogP contribution in [0.1, 0.15) is 62.2 Å². The van der Waals surface area contributed by atoms with Crippen molar-refractivity contribution in [3.05, 3.63) is 41.8 Å². The smallest absolute Gasteiger partial charge is 0.325 e. The Labute approximate surface area is 151 Å². The van der Waals surface area contributed by atoms with Gasteiger partial charge in [0.25, 0.3) is 5.91 Å². The number of aromatic nitrogens is 3. The molecule has 2 aromatic heterocycles. The van der Waals surface area contributed by atoms with E-state index in [-0.39, 0.29) is 18.4 Å². The number of rotatable bonds is 4. The monoisotopic (exact) mass is 355 g/mol. The van der Waals surface area contributed by atoms with E-state index in [1.165, 1.54) is 19.3 Å². The van der Waals surface area contributed by atoms with Crippen LogP contribution in [0, 0.1) is 0 Å². The fourth-order valence-corrected chi connectivity index (χ4v) is 3.68. The second-order valence-corrected chi connectivity index (χ2v) is 7.07. The third kappa shape index (κ3) is 2.85. The van der Waals surface area contributed by atoms with Crippen LogP contribution in [0.3, 0.4) is 0 Å². The molecule has 0 spiro atoms. The molecule has 1 N–H and O–H groups in total. The zero-order chi connectivity index (χ0) is 18.1. The predicted octanol–water partition coefficient (Wildman–Crippen LogP) is 2.48. The molecule has 2 aromatic rings. The molecule has 2 fully saturated rings. The first kappa shape index (κ1) is 16.7. The van der Waals surface area contributed by atoms with Gasteiger partial charge in [0.2, 0.25) is 5.89 Å². The Bertz CT molecular complexity index is 815. The van der Waals surface area contributed by atoms with Gasteiger partial charge in [-0.1, -0.05) is 30.5 Å². The van der Waals surface area contributed by atoms with Crippen LogP contribution in [0.4, 0.5) is 4.79 Å². The highest BCUT2D eigenvalue weighted by atomic mass is 16.5. The van der Waals surface area contributed by atoms with E-state index < -0.39 is 11.6 Å². The van der Waals surface area contributed by atoms with Crippen molar-refractivity contribution < 1.29 is 14.1 Å². The lowest BCUT2D eigenvalue weighted by atomic mass is 9.89. The molecule has 26 heavy (non-hydrogen) atoms. The van der Waals surface area contributed by atoms with Gasteiger partial charge in [-0.15, -0.1) is 0 Å². The van der Waals surface area contributed by atoms with Gasteiger partial charge in [0.15, 0.2) is 5.82 Å². The fourth-order valence-electron chi connectivity index (χ4n) is 3.68. The highest BCUT2D eigenvalue weighted by molar-refractivity contribution is 6.07. The molecule has 136 valence electrons. The number of nitrogens with one attached hydrogen (secondary N) is 1. The molecule has 1 unspecified atom stereocenters. The lowest BCUT2D eigenvalue weighted by Crippen LogP contribution is -2.40. The molecular formula is C18H21N5O3. The molecule has 3 heterocycles. The Kier molecular flexibility index (Phi) is 4.18. The SMILES string of the molecule is CC1(c2cccnc2)NC(=O)N(Cc2noc(C3CCCCC3)n2)C1=O. The summed E-state index contributed by atoms with van der Waals surface area (Å²) in [5.41, 5.74) is -0.502. The number of pyridine rings is 1. The maximum atomic E-state index is 12.9. The van der Waals surface area contributed by atoms with E-state index in [4.69, 9.17) is 4.52 Å². The Morgan fingerprint density at radius 1 is 1.31 bits per heavy atom. The number of imide groups is 1. The fraction of sp³-hybridized carbons (Fsp3) is 0.500. The van der Waals surface area contributed by atoms with Gasteiger partial charge >= 0.3 is 6.03 Å². The Morgan fingerprint density at radius 2 is 2.12 bits per heavy atom. The number of amides is 3. The summed E-state index contributed by atoms with van der Waals surface area (Å²) in [5.74, 6) is 0.902. The third-order valence-electron chi connectivity index (χ3n) is 5.25. The van der Waals surface area contributed by atoms with Crippen molar-refractivity contribution >= 4 is 11.9 Å². The molecule has 0 aromatic carbocycles. The highest BCUT2D eigenvalue weighted by Gasteiger charge is 2.49. The summed E-state index contributed by atoms with van der Waals surface area (Å²) in [5, 5.41) is 6.72. The van der Waals surface area contributed by atoms with Crippen molar-refractivity contribution in [2.24, 2.45) is 0 Å². The van der Waals surface area contributed by atoms with E-state index in [0.29, 0.717) is 17.3 Å². The number of nitrogens with zero attached hydrogens (tertiary/aromatic N) is 4. The van der Waals surface area contributed by atoms with Gasteiger partial charge < -0.3 is 9.84 Å². The van der Waals surface area contributed by atoms with Crippen molar-refractivity contribution in [1.82, 2.24) is 25.3 Å². The first-order chi connectivity index (χ1) is 12.6. The minimum Gasteiger partial charge on any atom is -0.339 e. The van der Waals surface area contributed by atoms with Gasteiger partial charge in [0.1, 0.15) is 5.54 Å². The summed E-state index contributed by atoms with van der Waals surface area (Å²) in [6.07, 6.45) is 8.87. The van der Waals surface area contributed by atoms with E-state index in [1.807, 2.05) is 0 Å². The van der Waals surface area contributed by atoms with E-state index in [2.05, 4.69) is 20.4 Å². The Balaban J connectivity index is 1.51. The summed E-state index contributed by atoms with van der Waals surface area (Å²) in [4.78, 5) is 34.8. The molecule has 4 rings (SSSR count). The average molecular weight is 355 g/mol. The third-order valence-corrected chi connectivity index (χ3v) is 5.25. The van der Waals surface area contributed by atoms with Gasteiger partial charge in [-0.25, -0.2) is 4.79 Å². The van der Waals surface area contributed by atoms with Gasteiger partial charge in [-0.05, 0) is 25.8 Å². The van der Waals surface area contributed by atoms with Gasteiger partial charge in [0, 0.05) is 23.9 Å². The Morgan fingerprint density at radius 3 is 2.85 bits per heavy atom. The van der Waals surface area contributed by atoms with Crippen LogP contribution in [0.25, 0.3) is 0 Å². The molecule has 1 saturated heterocycles. The number of urea groups is 1. The van der Waals surface area contributed by atoms with Crippen LogP contribution < -0.4 is 5.32 Å². The molecule has 8 heteroatoms. The molecule has 1 aliphatic carbocycles. The van der Waals surface area contributed by atoms with Crippen LogP contribution in [-0.4, -0.2) is 32.0 Å². The molecule has 8 nitrogen and oxygen atoms in total. The standard InChI is InChI=1S/C18H21N5O3/c1-18(13-8-5-9-19-10-13)16(24)23(17(25)21-18)11-14-20-15(26-22-14)12-6-3-2-4-7-12/h5,8-10,12H,2-4,6-7,11H2,1H3,(H,21,25). The number of hydrogen-bond donors (Lipinski definition) is 1. The van der Waals surface area contributed by atoms with Crippen molar-refractivity contribution in [1.29, 1.82) is 0 Å². The van der Waals surface area contributed by atoms with Crippen molar-refractivity contribution in [2.75, 3.05) is 0 Å². The van der Waals surface area contributed by atoms with Crippen molar-refractivity contribution in [3.8, 4) is 0 Å². The molecule has 1 saturated carbocycles. The average Bonchev–Trinajstić information content (AvgIpc) is 3.23. The van der Waals surface area contributed by atoms with E-state index in [0.717, 1.165) is 17.7 Å². The minimum atomic E-state index is -1.14. The number of hydrogen-bond acceptors (Lipinski definition) is 6. The van der Waals surface area contributed by atoms with Crippen LogP contribution in [-0.2, 0) is 16.9 Å². The maximum absolute atomic E-state index is 12.9. The molecule has 3 amide bonds. The summed E-state index contributed by atoms with van der Waals surface area (Å²) >= 11 is 0. The Hall–Kier alpha value is -2.77. The summed E-state index contributed by atoms with van der Waals surface area (Å²) < 4.78 is 5.38. The molecule has 0 bridgehead atoms. The first-order valence-electron chi connectivity index (χ1n) is 8.95. The van der Waals surface area contributed by atoms with Crippen molar-refractivity contribution in [2.45, 2.75) is 57.0 Å². The van der Waals surface area contributed by atoms with Crippen LogP contribution >= 0.6 is 0 Å². The normalized spacial score (nSPS) is 24.1. The largest absolute Gasteiger partial charge is 0.339 e. The number of carbonyl (C=O) groups is 2. The second-order valence-electron chi connectivity index (χ2n) is 7.07. The second kappa shape index (κ2) is 6.51. The highest BCUT2D eigenvalue weighted by Crippen LogP contribution is 2.32. The summed E-state index contributed by atoms with van der Waals surface area (Å²) in [7, 11) is 0. The molecule has 1 atom stereocenters. The molecule has 2 aliphatic rings. The van der Waals surface area contributed by atoms with E-state index in [9.17, 15) is 9.59 Å².